The van der Waals surface area contributed by atoms with Gasteiger partial charge in [-0.05, 0) is 43.6 Å². The van der Waals surface area contributed by atoms with Gasteiger partial charge >= 0.3 is 5.97 Å². The van der Waals surface area contributed by atoms with Gasteiger partial charge in [0.25, 0.3) is 0 Å². The topological polar surface area (TPSA) is 321 Å². The van der Waals surface area contributed by atoms with Crippen molar-refractivity contribution >= 4 is 41.4 Å². The number of unbranched alkanes of at least 4 members (excludes halogenated alkanes) is 1. The minimum Gasteiger partial charge on any atom is -0.479 e. The van der Waals surface area contributed by atoms with E-state index in [1.807, 2.05) is 0 Å². The summed E-state index contributed by atoms with van der Waals surface area (Å²) in [5.74, 6) is -4.62. The predicted octanol–water partition coefficient (Wildman–Crippen LogP) is -2.22. The van der Waals surface area contributed by atoms with Gasteiger partial charge in [0, 0.05) is 26.5 Å². The largest absolute Gasteiger partial charge is 0.479 e. The van der Waals surface area contributed by atoms with Crippen LogP contribution in [0.1, 0.15) is 44.1 Å². The van der Waals surface area contributed by atoms with Gasteiger partial charge in [0.1, 0.15) is 12.8 Å². The second-order valence-electron chi connectivity index (χ2n) is 15.5. The molecule has 1 saturated carbocycles. The van der Waals surface area contributed by atoms with Crippen molar-refractivity contribution in [3.05, 3.63) is 35.9 Å². The third kappa shape index (κ3) is 33.3. The van der Waals surface area contributed by atoms with E-state index in [4.69, 9.17) is 48.4 Å². The van der Waals surface area contributed by atoms with Crippen LogP contribution in [0, 0.1) is 5.92 Å². The van der Waals surface area contributed by atoms with Gasteiger partial charge in [-0.25, -0.2) is 4.79 Å². The highest BCUT2D eigenvalue weighted by Crippen LogP contribution is 2.34. The van der Waals surface area contributed by atoms with Gasteiger partial charge in [-0.2, -0.15) is 0 Å². The zero-order valence-corrected chi connectivity index (χ0v) is 39.8. The summed E-state index contributed by atoms with van der Waals surface area (Å²) >= 11 is 0. The van der Waals surface area contributed by atoms with Crippen LogP contribution >= 0.6 is 0 Å². The number of carbonyl (C=O) groups is 7. The van der Waals surface area contributed by atoms with Gasteiger partial charge in [0.05, 0.1) is 125 Å². The summed E-state index contributed by atoms with van der Waals surface area (Å²) in [5, 5.41) is 24.2. The van der Waals surface area contributed by atoms with Crippen LogP contribution < -0.4 is 37.6 Å². The van der Waals surface area contributed by atoms with E-state index in [9.17, 15) is 38.7 Å². The van der Waals surface area contributed by atoms with Crippen molar-refractivity contribution in [1.29, 1.82) is 0 Å². The van der Waals surface area contributed by atoms with Gasteiger partial charge in [0.2, 0.25) is 35.4 Å². The Hall–Kier alpha value is -4.89. The molecule has 3 atom stereocenters. The Morgan fingerprint density at radius 3 is 1.61 bits per heavy atom. The lowest BCUT2D eigenvalue weighted by Gasteiger charge is -2.19. The molecule has 1 aliphatic rings. The first-order valence-electron chi connectivity index (χ1n) is 23.3. The lowest BCUT2D eigenvalue weighted by molar-refractivity contribution is -0.153. The van der Waals surface area contributed by atoms with Gasteiger partial charge < -0.3 is 85.4 Å². The van der Waals surface area contributed by atoms with Crippen molar-refractivity contribution < 1.29 is 81.3 Å². The highest BCUT2D eigenvalue weighted by Gasteiger charge is 2.37. The Bertz CT molecular complexity index is 1590. The molecule has 6 amide bonds. The fourth-order valence-corrected chi connectivity index (χ4v) is 5.88. The second-order valence-corrected chi connectivity index (χ2v) is 15.5. The van der Waals surface area contributed by atoms with Gasteiger partial charge in [-0.15, -0.1) is 0 Å². The number of carboxylic acids is 1. The van der Waals surface area contributed by atoms with Crippen LogP contribution in [0.4, 0.5) is 0 Å². The molecule has 2 rings (SSSR count). The third-order valence-corrected chi connectivity index (χ3v) is 9.79. The van der Waals surface area contributed by atoms with Crippen LogP contribution in [0.5, 0.6) is 0 Å². The molecule has 0 heterocycles. The van der Waals surface area contributed by atoms with E-state index in [1.165, 1.54) is 0 Å². The molecule has 1 aromatic rings. The van der Waals surface area contributed by atoms with E-state index in [1.54, 1.807) is 37.4 Å². The lowest BCUT2D eigenvalue weighted by atomic mass is 10.1. The van der Waals surface area contributed by atoms with Crippen molar-refractivity contribution in [3.63, 3.8) is 0 Å². The SMILES string of the molecule is COCCOCCOCCOCCOCCOCCOCCOCCC(=O)NCCCC[C@H](N)C(=O)NCC(=O)NCC(=O)N[C@@H](Cc1ccccc1)C(=O)NCC(=O)NCO[C@H](C(=O)O)C1CC1. The van der Waals surface area contributed by atoms with Crippen molar-refractivity contribution in [2.75, 3.05) is 139 Å². The standard InChI is InChI=1S/C45H75N7O17/c1-61-15-16-63-19-20-65-23-24-67-27-28-68-26-25-66-22-21-64-18-17-62-14-12-38(53)47-13-6-5-9-36(46)43(57)49-30-39(54)48-32-41(56)52-37(29-34-7-3-2-4-8-34)44(58)50-31-40(55)51-33-69-42(45(59)60)35-10-11-35/h2-4,7-8,35-37,42H,5-6,9-33,46H2,1H3,(H,47,53)(H,48,54)(H,49,57)(H,50,58)(H,51,55)(H,52,56)(H,59,60)/t36-,37-,42-/m0/s1. The van der Waals surface area contributed by atoms with E-state index in [0.717, 1.165) is 18.4 Å². The molecule has 0 saturated heterocycles. The van der Waals surface area contributed by atoms with Crippen LogP contribution in [0.2, 0.25) is 0 Å². The molecular weight excluding hydrogens is 911 g/mol. The molecule has 24 heteroatoms. The van der Waals surface area contributed by atoms with Crippen LogP contribution in [0.15, 0.2) is 30.3 Å². The molecule has 0 bridgehead atoms. The summed E-state index contributed by atoms with van der Waals surface area (Å²) < 4.78 is 48.1. The molecule has 392 valence electrons. The van der Waals surface area contributed by atoms with Crippen LogP contribution in [-0.4, -0.2) is 204 Å². The highest BCUT2D eigenvalue weighted by atomic mass is 16.6. The smallest absolute Gasteiger partial charge is 0.333 e. The molecule has 0 radical (unpaired) electrons. The first-order valence-corrected chi connectivity index (χ1v) is 23.3. The number of benzene rings is 1. The van der Waals surface area contributed by atoms with E-state index in [-0.39, 0.29) is 38.0 Å². The fraction of sp³-hybridized carbons (Fsp3) is 0.711. The minimum absolute atomic E-state index is 0.0758. The monoisotopic (exact) mass is 986 g/mol. The minimum atomic E-state index is -1.11. The summed E-state index contributed by atoms with van der Waals surface area (Å²) in [6.07, 6.45) is 2.12. The van der Waals surface area contributed by atoms with Gasteiger partial charge in [-0.3, -0.25) is 28.8 Å². The number of amides is 6. The average Bonchev–Trinajstić information content (AvgIpc) is 4.18. The summed E-state index contributed by atoms with van der Waals surface area (Å²) in [5.41, 5.74) is 6.69. The number of rotatable bonds is 45. The van der Waals surface area contributed by atoms with Crippen LogP contribution in [0.3, 0.4) is 0 Å². The Kier molecular flexibility index (Phi) is 34.8. The molecule has 0 aromatic heterocycles. The number of aliphatic carboxylic acids is 1. The van der Waals surface area contributed by atoms with Crippen LogP contribution in [-0.2, 0) is 82.6 Å². The van der Waals surface area contributed by atoms with Crippen molar-refractivity contribution in [2.24, 2.45) is 11.7 Å². The molecule has 9 N–H and O–H groups in total. The lowest BCUT2D eigenvalue weighted by Crippen LogP contribution is -2.52. The molecule has 1 aliphatic carbocycles. The quantitative estimate of drug-likeness (QED) is 0.0254. The first-order chi connectivity index (χ1) is 33.5. The van der Waals surface area contributed by atoms with Gasteiger partial charge in [-0.1, -0.05) is 30.3 Å². The number of hydrogen-bond acceptors (Lipinski definition) is 17. The Labute approximate surface area is 403 Å². The maximum absolute atomic E-state index is 13.0. The molecule has 69 heavy (non-hydrogen) atoms. The Morgan fingerprint density at radius 1 is 0.594 bits per heavy atom. The maximum Gasteiger partial charge on any atom is 0.333 e. The Morgan fingerprint density at radius 2 is 1.09 bits per heavy atom. The molecular formula is C45H75N7O17. The molecule has 0 spiro atoms. The van der Waals surface area contributed by atoms with E-state index in [2.05, 4.69) is 31.9 Å². The molecule has 24 nitrogen and oxygen atoms in total. The second kappa shape index (κ2) is 39.9. The van der Waals surface area contributed by atoms with Crippen molar-refractivity contribution in [2.45, 2.75) is 63.1 Å². The van der Waals surface area contributed by atoms with Gasteiger partial charge in [0.15, 0.2) is 6.10 Å². The van der Waals surface area contributed by atoms with E-state index < -0.39 is 73.3 Å². The number of hydrogen-bond donors (Lipinski definition) is 8. The number of nitrogens with one attached hydrogen (secondary N) is 6. The normalized spacial score (nSPS) is 13.4. The number of carboxylic acid groups (broad SMARTS) is 1. The predicted molar refractivity (Wildman–Crippen MR) is 246 cm³/mol. The van der Waals surface area contributed by atoms with E-state index in [0.29, 0.717) is 118 Å². The number of methoxy groups -OCH3 is 1. The zero-order valence-electron chi connectivity index (χ0n) is 39.8. The summed E-state index contributed by atoms with van der Waals surface area (Å²) in [6, 6.07) is 6.79. The highest BCUT2D eigenvalue weighted by molar-refractivity contribution is 5.93. The first kappa shape index (κ1) is 60.2. The Balaban J connectivity index is 1.44. The summed E-state index contributed by atoms with van der Waals surface area (Å²) in [4.78, 5) is 86.4. The molecule has 1 aromatic carbocycles. The molecule has 0 aliphatic heterocycles. The zero-order chi connectivity index (χ0) is 50.2. The maximum atomic E-state index is 13.0. The fourth-order valence-electron chi connectivity index (χ4n) is 5.88. The van der Waals surface area contributed by atoms with Crippen LogP contribution in [0.25, 0.3) is 0 Å². The number of nitrogens with two attached hydrogens (primary N) is 1. The number of carbonyl (C=O) groups excluding carboxylic acids is 6. The van der Waals surface area contributed by atoms with Crippen molar-refractivity contribution in [1.82, 2.24) is 31.9 Å². The number of ether oxygens (including phenoxy) is 9. The molecule has 1 fully saturated rings. The third-order valence-electron chi connectivity index (χ3n) is 9.79. The average molecular weight is 986 g/mol. The molecule has 0 unspecified atom stereocenters. The summed E-state index contributed by atoms with van der Waals surface area (Å²) in [6.45, 7) is 5.31. The van der Waals surface area contributed by atoms with Crippen molar-refractivity contribution in [3.8, 4) is 0 Å². The van der Waals surface area contributed by atoms with E-state index >= 15 is 0 Å². The summed E-state index contributed by atoms with van der Waals surface area (Å²) in [7, 11) is 1.63.